The van der Waals surface area contributed by atoms with Crippen LogP contribution < -0.4 is 11.5 Å². The molecule has 0 bridgehead atoms. The van der Waals surface area contributed by atoms with Gasteiger partial charge < -0.3 is 15.9 Å². The smallest absolute Gasteiger partial charge is 0.224 e. The number of halogens is 3. The standard InChI is InChI=1S/C17H13F3N6O/c1-7-2-3-12(27-7)16-25-17(22)24-15-8(6-23-26(15)16)4-9-10(18)5-11(19)14(21)13(9)20/h2-3,5-6H,4,21H2,1H3,(H2,22,24). The van der Waals surface area contributed by atoms with Crippen molar-refractivity contribution in [2.75, 3.05) is 11.5 Å². The number of nitrogens with zero attached hydrogens (tertiary/aromatic N) is 4. The summed E-state index contributed by atoms with van der Waals surface area (Å²) in [6.07, 6.45) is 1.12. The molecule has 10 heteroatoms. The normalized spacial score (nSPS) is 11.4. The Morgan fingerprint density at radius 3 is 2.59 bits per heavy atom. The summed E-state index contributed by atoms with van der Waals surface area (Å²) >= 11 is 0. The second kappa shape index (κ2) is 6.01. The molecule has 0 fully saturated rings. The summed E-state index contributed by atoms with van der Waals surface area (Å²) in [5.41, 5.74) is 10.6. The van der Waals surface area contributed by atoms with Crippen LogP contribution in [0.3, 0.4) is 0 Å². The Bertz CT molecular complexity index is 1180. The number of aryl methyl sites for hydroxylation is 1. The number of nitrogen functional groups attached to an aromatic ring is 2. The highest BCUT2D eigenvalue weighted by Crippen LogP contribution is 2.27. The first-order valence-electron chi connectivity index (χ1n) is 7.84. The Morgan fingerprint density at radius 2 is 1.89 bits per heavy atom. The quantitative estimate of drug-likeness (QED) is 0.534. The Labute approximate surface area is 150 Å². The van der Waals surface area contributed by atoms with Crippen LogP contribution in [0.25, 0.3) is 17.2 Å². The number of aromatic nitrogens is 4. The molecule has 4 N–H and O–H groups in total. The van der Waals surface area contributed by atoms with Gasteiger partial charge in [-0.15, -0.1) is 0 Å². The largest absolute Gasteiger partial charge is 0.458 e. The van der Waals surface area contributed by atoms with E-state index in [1.54, 1.807) is 19.1 Å². The molecule has 0 aliphatic heterocycles. The van der Waals surface area contributed by atoms with Crippen LogP contribution in [0.5, 0.6) is 0 Å². The van der Waals surface area contributed by atoms with Gasteiger partial charge in [0.1, 0.15) is 17.3 Å². The van der Waals surface area contributed by atoms with Crippen molar-refractivity contribution in [3.63, 3.8) is 0 Å². The van der Waals surface area contributed by atoms with Crippen molar-refractivity contribution in [3.05, 3.63) is 58.7 Å². The summed E-state index contributed by atoms with van der Waals surface area (Å²) in [5, 5.41) is 4.17. The predicted octanol–water partition coefficient (Wildman–Crippen LogP) is 2.87. The second-order valence-electron chi connectivity index (χ2n) is 5.94. The van der Waals surface area contributed by atoms with E-state index in [-0.39, 0.29) is 23.8 Å². The first-order valence-corrected chi connectivity index (χ1v) is 7.84. The summed E-state index contributed by atoms with van der Waals surface area (Å²) in [4.78, 5) is 8.22. The van der Waals surface area contributed by atoms with Gasteiger partial charge in [0.25, 0.3) is 0 Å². The fraction of sp³-hybridized carbons (Fsp3) is 0.118. The van der Waals surface area contributed by atoms with Gasteiger partial charge in [0.2, 0.25) is 11.8 Å². The van der Waals surface area contributed by atoms with Crippen LogP contribution in [0, 0.1) is 24.4 Å². The zero-order valence-electron chi connectivity index (χ0n) is 14.0. The van der Waals surface area contributed by atoms with Gasteiger partial charge in [-0.3, -0.25) is 0 Å². The summed E-state index contributed by atoms with van der Waals surface area (Å²) in [5.74, 6) is -2.07. The lowest BCUT2D eigenvalue weighted by molar-refractivity contribution is 0.533. The lowest BCUT2D eigenvalue weighted by Gasteiger charge is -2.08. The molecule has 4 rings (SSSR count). The van der Waals surface area contributed by atoms with E-state index in [9.17, 15) is 13.2 Å². The first kappa shape index (κ1) is 16.9. The van der Waals surface area contributed by atoms with Gasteiger partial charge in [-0.05, 0) is 19.1 Å². The van der Waals surface area contributed by atoms with E-state index in [2.05, 4.69) is 15.1 Å². The van der Waals surface area contributed by atoms with Gasteiger partial charge in [0, 0.05) is 23.6 Å². The third-order valence-corrected chi connectivity index (χ3v) is 4.09. The molecular weight excluding hydrogens is 361 g/mol. The lowest BCUT2D eigenvalue weighted by atomic mass is 10.0. The molecule has 0 amide bonds. The zero-order chi connectivity index (χ0) is 19.3. The molecule has 0 spiro atoms. The summed E-state index contributed by atoms with van der Waals surface area (Å²) in [6, 6.07) is 3.98. The van der Waals surface area contributed by atoms with Gasteiger partial charge in [-0.25, -0.2) is 13.2 Å². The fourth-order valence-electron chi connectivity index (χ4n) is 2.78. The molecule has 27 heavy (non-hydrogen) atoms. The average Bonchev–Trinajstić information content (AvgIpc) is 3.22. The molecule has 0 aliphatic carbocycles. The molecule has 0 radical (unpaired) electrons. The maximum Gasteiger partial charge on any atom is 0.224 e. The summed E-state index contributed by atoms with van der Waals surface area (Å²) in [6.45, 7) is 1.77. The second-order valence-corrected chi connectivity index (χ2v) is 5.94. The Morgan fingerprint density at radius 1 is 1.11 bits per heavy atom. The number of nitrogens with two attached hydrogens (primary N) is 2. The van der Waals surface area contributed by atoms with Crippen LogP contribution in [-0.2, 0) is 6.42 Å². The molecule has 0 saturated carbocycles. The van der Waals surface area contributed by atoms with Crippen LogP contribution in [0.1, 0.15) is 16.9 Å². The zero-order valence-corrected chi connectivity index (χ0v) is 14.0. The van der Waals surface area contributed by atoms with Crippen LogP contribution in [-0.4, -0.2) is 19.6 Å². The van der Waals surface area contributed by atoms with E-state index in [1.165, 1.54) is 10.7 Å². The number of hydrogen-bond acceptors (Lipinski definition) is 6. The third kappa shape index (κ3) is 2.75. The van der Waals surface area contributed by atoms with Gasteiger partial charge in [0.15, 0.2) is 23.0 Å². The van der Waals surface area contributed by atoms with Crippen molar-refractivity contribution in [2.24, 2.45) is 0 Å². The number of hydrogen-bond donors (Lipinski definition) is 2. The van der Waals surface area contributed by atoms with Gasteiger partial charge in [0.05, 0.1) is 6.20 Å². The number of fused-ring (bicyclic) bond motifs is 1. The molecule has 138 valence electrons. The van der Waals surface area contributed by atoms with Crippen LogP contribution in [0.4, 0.5) is 24.8 Å². The number of benzene rings is 1. The molecular formula is C17H13F3N6O. The maximum atomic E-state index is 14.2. The van der Waals surface area contributed by atoms with Crippen molar-refractivity contribution >= 4 is 17.3 Å². The van der Waals surface area contributed by atoms with Gasteiger partial charge in [-0.1, -0.05) is 0 Å². The topological polar surface area (TPSA) is 108 Å². The Balaban J connectivity index is 1.86. The summed E-state index contributed by atoms with van der Waals surface area (Å²) < 4.78 is 48.6. The third-order valence-electron chi connectivity index (χ3n) is 4.09. The van der Waals surface area contributed by atoms with E-state index >= 15 is 0 Å². The van der Waals surface area contributed by atoms with E-state index in [1.807, 2.05) is 0 Å². The Kier molecular flexibility index (Phi) is 3.76. The summed E-state index contributed by atoms with van der Waals surface area (Å²) in [7, 11) is 0. The molecule has 0 atom stereocenters. The van der Waals surface area contributed by atoms with Gasteiger partial charge in [-0.2, -0.15) is 19.6 Å². The number of rotatable bonds is 3. The minimum Gasteiger partial charge on any atom is -0.458 e. The number of furan rings is 1. The predicted molar refractivity (Wildman–Crippen MR) is 91.2 cm³/mol. The van der Waals surface area contributed by atoms with Crippen molar-refractivity contribution in [1.29, 1.82) is 0 Å². The van der Waals surface area contributed by atoms with E-state index in [4.69, 9.17) is 15.9 Å². The highest BCUT2D eigenvalue weighted by Gasteiger charge is 2.21. The Hall–Kier alpha value is -3.56. The average molecular weight is 374 g/mol. The molecule has 4 aromatic rings. The minimum absolute atomic E-state index is 0.0622. The monoisotopic (exact) mass is 374 g/mol. The van der Waals surface area contributed by atoms with Crippen molar-refractivity contribution in [3.8, 4) is 11.6 Å². The van der Waals surface area contributed by atoms with Crippen molar-refractivity contribution < 1.29 is 17.6 Å². The number of anilines is 2. The van der Waals surface area contributed by atoms with Crippen molar-refractivity contribution in [1.82, 2.24) is 19.6 Å². The molecule has 7 nitrogen and oxygen atoms in total. The highest BCUT2D eigenvalue weighted by molar-refractivity contribution is 5.60. The molecule has 3 aromatic heterocycles. The van der Waals surface area contributed by atoms with Crippen LogP contribution in [0.2, 0.25) is 0 Å². The molecule has 0 unspecified atom stereocenters. The molecule has 0 saturated heterocycles. The van der Waals surface area contributed by atoms with E-state index in [0.29, 0.717) is 23.2 Å². The molecule has 1 aromatic carbocycles. The van der Waals surface area contributed by atoms with Crippen LogP contribution in [0.15, 0.2) is 28.8 Å². The fourth-order valence-corrected chi connectivity index (χ4v) is 2.78. The SMILES string of the molecule is Cc1ccc(-c2nc(N)nc3c(Cc4c(F)cc(F)c(N)c4F)cnn23)o1. The first-order chi connectivity index (χ1) is 12.8. The maximum absolute atomic E-state index is 14.2. The van der Waals surface area contributed by atoms with E-state index in [0.717, 1.165) is 0 Å². The molecule has 0 aliphatic rings. The highest BCUT2D eigenvalue weighted by atomic mass is 19.1. The van der Waals surface area contributed by atoms with Gasteiger partial charge >= 0.3 is 0 Å². The van der Waals surface area contributed by atoms with Crippen molar-refractivity contribution in [2.45, 2.75) is 13.3 Å². The van der Waals surface area contributed by atoms with E-state index < -0.39 is 28.7 Å². The van der Waals surface area contributed by atoms with Crippen LogP contribution >= 0.6 is 0 Å². The minimum atomic E-state index is -1.16. The molecule has 3 heterocycles. The lowest BCUT2D eigenvalue weighted by Crippen LogP contribution is -2.07.